The van der Waals surface area contributed by atoms with Gasteiger partial charge in [0.05, 0.1) is 18.3 Å². The van der Waals surface area contributed by atoms with E-state index in [2.05, 4.69) is 41.2 Å². The first kappa shape index (κ1) is 23.6. The van der Waals surface area contributed by atoms with Crippen molar-refractivity contribution in [2.24, 2.45) is 50.7 Å². The highest BCUT2D eigenvalue weighted by Crippen LogP contribution is 2.90. The van der Waals surface area contributed by atoms with Gasteiger partial charge in [0.2, 0.25) is 0 Å². The van der Waals surface area contributed by atoms with Crippen LogP contribution in [-0.4, -0.2) is 51.6 Å². The maximum absolute atomic E-state index is 12.4. The Kier molecular flexibility index (Phi) is 4.32. The zero-order chi connectivity index (χ0) is 25.1. The lowest BCUT2D eigenvalue weighted by molar-refractivity contribution is -0.277. The summed E-state index contributed by atoms with van der Waals surface area (Å²) in [6.45, 7) is 17.5. The lowest BCUT2D eigenvalue weighted by Gasteiger charge is -2.64. The predicted molar refractivity (Wildman–Crippen MR) is 132 cm³/mol. The molecule has 3 spiro atoms. The molecule has 2 aliphatic heterocycles. The number of hydrogen-bond donors (Lipinski definition) is 3. The van der Waals surface area contributed by atoms with Crippen molar-refractivity contribution < 1.29 is 24.8 Å². The summed E-state index contributed by atoms with van der Waals surface area (Å²) in [4.78, 5) is 0. The first-order valence-corrected chi connectivity index (χ1v) is 14.3. The van der Waals surface area contributed by atoms with Crippen LogP contribution in [0.15, 0.2) is 12.2 Å². The quantitative estimate of drug-likeness (QED) is 0.478. The normalized spacial score (nSPS) is 65.5. The van der Waals surface area contributed by atoms with Gasteiger partial charge in [-0.25, -0.2) is 0 Å². The molecule has 0 aromatic rings. The highest BCUT2D eigenvalue weighted by atomic mass is 16.8. The highest BCUT2D eigenvalue weighted by Gasteiger charge is 2.89. The van der Waals surface area contributed by atoms with Gasteiger partial charge in [-0.3, -0.25) is 0 Å². The van der Waals surface area contributed by atoms with Gasteiger partial charge in [0.15, 0.2) is 5.79 Å². The molecule has 2 heterocycles. The number of hydrogen-bond acceptors (Lipinski definition) is 5. The average molecular weight is 487 g/mol. The van der Waals surface area contributed by atoms with Crippen LogP contribution < -0.4 is 0 Å². The lowest BCUT2D eigenvalue weighted by Crippen LogP contribution is -2.64. The largest absolute Gasteiger partial charge is 0.393 e. The summed E-state index contributed by atoms with van der Waals surface area (Å²) in [6.07, 6.45) is 5.04. The fourth-order valence-corrected chi connectivity index (χ4v) is 12.5. The van der Waals surface area contributed by atoms with Crippen LogP contribution in [0, 0.1) is 50.7 Å². The summed E-state index contributed by atoms with van der Waals surface area (Å²) < 4.78 is 13.5. The van der Waals surface area contributed by atoms with Crippen LogP contribution in [0.3, 0.4) is 0 Å². The number of aliphatic hydroxyl groups excluding tert-OH is 3. The topological polar surface area (TPSA) is 79.2 Å². The standard InChI is InChI=1S/C30H46O5/c1-15(2)22-17-12-16(3)23-27(7)21(32)13-29-14-28(29)11-10-20(31)25(4,5)18(28)8-9-19(29)26(27,6)24(33)30(23,34-17)35-22/h16-24,31-33H,1,8-14H2,2-7H3/t16-,17-,18+,19+,20+,21-,22-,23-,24-,26-,27-,28-,29+,30+/m1/s1. The minimum absolute atomic E-state index is 0.0428. The Bertz CT molecular complexity index is 993. The van der Waals surface area contributed by atoms with E-state index in [4.69, 9.17) is 9.47 Å². The zero-order valence-corrected chi connectivity index (χ0v) is 22.5. The molecule has 7 rings (SSSR count). The third-order valence-electron chi connectivity index (χ3n) is 14.0. The van der Waals surface area contributed by atoms with E-state index in [1.165, 1.54) is 0 Å². The SMILES string of the molecule is C=C(C)[C@H]1O[C@@]23O[C@@H]1C[C@@H](C)[C@@H]2[C@@]1(C)[C@H](O)C[C@@]24C[C@@]25CC[C@H](O)C(C)(C)[C@@H]5CC[C@H]4[C@]1(C)[C@H]3O. The predicted octanol–water partition coefficient (Wildman–Crippen LogP) is 4.43. The van der Waals surface area contributed by atoms with E-state index in [9.17, 15) is 15.3 Å². The van der Waals surface area contributed by atoms with Crippen molar-refractivity contribution in [3.05, 3.63) is 12.2 Å². The van der Waals surface area contributed by atoms with Crippen molar-refractivity contribution in [2.45, 2.75) is 123 Å². The number of aliphatic hydroxyl groups is 3. The fraction of sp³-hybridized carbons (Fsp3) is 0.933. The zero-order valence-electron chi connectivity index (χ0n) is 22.5. The lowest BCUT2D eigenvalue weighted by atomic mass is 9.40. The molecule has 7 fully saturated rings. The van der Waals surface area contributed by atoms with Crippen LogP contribution in [-0.2, 0) is 9.47 Å². The molecule has 5 nitrogen and oxygen atoms in total. The maximum atomic E-state index is 12.4. The molecule has 5 saturated carbocycles. The fourth-order valence-electron chi connectivity index (χ4n) is 12.5. The molecule has 0 unspecified atom stereocenters. The van der Waals surface area contributed by atoms with Gasteiger partial charge in [-0.2, -0.15) is 0 Å². The second-order valence-corrected chi connectivity index (χ2v) is 15.2. The summed E-state index contributed by atoms with van der Waals surface area (Å²) in [5, 5.41) is 35.5. The van der Waals surface area contributed by atoms with Crippen LogP contribution in [0.4, 0.5) is 0 Å². The summed E-state index contributed by atoms with van der Waals surface area (Å²) >= 11 is 0. The number of ether oxygens (including phenoxy) is 2. The van der Waals surface area contributed by atoms with Gasteiger partial charge in [0.25, 0.3) is 0 Å². The molecule has 7 aliphatic rings. The molecule has 5 aliphatic carbocycles. The van der Waals surface area contributed by atoms with E-state index < -0.39 is 28.8 Å². The Morgan fingerprint density at radius 1 is 0.886 bits per heavy atom. The third-order valence-corrected chi connectivity index (χ3v) is 14.0. The Morgan fingerprint density at radius 2 is 1.57 bits per heavy atom. The first-order valence-electron chi connectivity index (χ1n) is 14.3. The van der Waals surface area contributed by atoms with Crippen molar-refractivity contribution in [3.8, 4) is 0 Å². The minimum atomic E-state index is -1.07. The molecule has 0 aromatic heterocycles. The van der Waals surface area contributed by atoms with E-state index in [0.29, 0.717) is 11.8 Å². The van der Waals surface area contributed by atoms with Crippen LogP contribution in [0.1, 0.15) is 86.5 Å². The molecular weight excluding hydrogens is 440 g/mol. The third kappa shape index (κ3) is 2.19. The monoisotopic (exact) mass is 486 g/mol. The average Bonchev–Trinajstić information content (AvgIpc) is 3.28. The van der Waals surface area contributed by atoms with Gasteiger partial charge in [0, 0.05) is 16.7 Å². The highest BCUT2D eigenvalue weighted by molar-refractivity contribution is 5.36. The van der Waals surface area contributed by atoms with Crippen molar-refractivity contribution in [3.63, 3.8) is 0 Å². The molecule has 14 atom stereocenters. The van der Waals surface area contributed by atoms with Gasteiger partial charge in [-0.1, -0.05) is 41.2 Å². The molecule has 2 bridgehead atoms. The molecule has 0 amide bonds. The molecule has 5 heteroatoms. The molecule has 2 saturated heterocycles. The van der Waals surface area contributed by atoms with E-state index in [1.807, 2.05) is 6.92 Å². The summed E-state index contributed by atoms with van der Waals surface area (Å²) in [7, 11) is 0. The second-order valence-electron chi connectivity index (χ2n) is 15.2. The molecule has 35 heavy (non-hydrogen) atoms. The van der Waals surface area contributed by atoms with Crippen molar-refractivity contribution in [2.75, 3.05) is 0 Å². The Labute approximate surface area is 210 Å². The van der Waals surface area contributed by atoms with Crippen LogP contribution >= 0.6 is 0 Å². The molecule has 0 radical (unpaired) electrons. The molecule has 0 aromatic carbocycles. The van der Waals surface area contributed by atoms with E-state index in [0.717, 1.165) is 50.5 Å². The Morgan fingerprint density at radius 3 is 2.26 bits per heavy atom. The van der Waals surface area contributed by atoms with Crippen LogP contribution in [0.2, 0.25) is 0 Å². The van der Waals surface area contributed by atoms with Crippen LogP contribution in [0.5, 0.6) is 0 Å². The summed E-state index contributed by atoms with van der Waals surface area (Å²) in [5.74, 6) is -0.0359. The van der Waals surface area contributed by atoms with Gasteiger partial charge in [-0.05, 0) is 91.4 Å². The summed E-state index contributed by atoms with van der Waals surface area (Å²) in [5.41, 5.74) is 0.0867. The molecule has 3 N–H and O–H groups in total. The van der Waals surface area contributed by atoms with E-state index in [1.54, 1.807) is 0 Å². The van der Waals surface area contributed by atoms with Gasteiger partial charge >= 0.3 is 0 Å². The Hall–Kier alpha value is -0.460. The van der Waals surface area contributed by atoms with Gasteiger partial charge in [0.1, 0.15) is 12.2 Å². The Balaban J connectivity index is 1.36. The van der Waals surface area contributed by atoms with Crippen molar-refractivity contribution >= 4 is 0 Å². The van der Waals surface area contributed by atoms with E-state index >= 15 is 0 Å². The number of fused-ring (bicyclic) bond motifs is 4. The summed E-state index contributed by atoms with van der Waals surface area (Å²) in [6, 6.07) is 0. The smallest absolute Gasteiger partial charge is 0.199 e. The van der Waals surface area contributed by atoms with E-state index in [-0.39, 0.29) is 46.4 Å². The van der Waals surface area contributed by atoms with Crippen molar-refractivity contribution in [1.29, 1.82) is 0 Å². The first-order chi connectivity index (χ1) is 16.2. The van der Waals surface area contributed by atoms with Crippen molar-refractivity contribution in [1.82, 2.24) is 0 Å². The minimum Gasteiger partial charge on any atom is -0.393 e. The molecular formula is C30H46O5. The maximum Gasteiger partial charge on any atom is 0.199 e. The number of rotatable bonds is 1. The van der Waals surface area contributed by atoms with Gasteiger partial charge < -0.3 is 24.8 Å². The van der Waals surface area contributed by atoms with Crippen LogP contribution in [0.25, 0.3) is 0 Å². The molecule has 196 valence electrons. The second kappa shape index (κ2) is 6.39. The van der Waals surface area contributed by atoms with Gasteiger partial charge in [-0.15, -0.1) is 0 Å².